The summed E-state index contributed by atoms with van der Waals surface area (Å²) in [6.45, 7) is 5.43. The highest BCUT2D eigenvalue weighted by atomic mass is 32.1. The number of nitrogens with one attached hydrogen (secondary N) is 3. The summed E-state index contributed by atoms with van der Waals surface area (Å²) in [5.74, 6) is 0. The molecule has 2 aromatic heterocycles. The van der Waals surface area contributed by atoms with Gasteiger partial charge in [-0.25, -0.2) is 4.79 Å². The normalized spacial score (nSPS) is 15.6. The summed E-state index contributed by atoms with van der Waals surface area (Å²) < 4.78 is 5.34. The fourth-order valence-electron chi connectivity index (χ4n) is 4.06. The van der Waals surface area contributed by atoms with E-state index in [2.05, 4.69) is 62.1 Å². The van der Waals surface area contributed by atoms with E-state index < -0.39 is 0 Å². The van der Waals surface area contributed by atoms with E-state index in [0.29, 0.717) is 13.1 Å². The molecule has 1 saturated heterocycles. The number of H-pyrrole nitrogens is 1. The summed E-state index contributed by atoms with van der Waals surface area (Å²) in [5.41, 5.74) is 6.01. The van der Waals surface area contributed by atoms with Gasteiger partial charge in [-0.15, -0.1) is 11.3 Å². The number of carbonyl (C=O) groups excluding carboxylic acids is 1. The summed E-state index contributed by atoms with van der Waals surface area (Å²) in [4.78, 5) is 16.6. The number of rotatable bonds is 6. The van der Waals surface area contributed by atoms with Crippen LogP contribution in [0.15, 0.2) is 36.4 Å². The number of morpholine rings is 1. The zero-order chi connectivity index (χ0) is 20.3. The second-order valence-electron chi connectivity index (χ2n) is 7.59. The number of benzene rings is 1. The zero-order valence-electron chi connectivity index (χ0n) is 16.7. The lowest BCUT2D eigenvalue weighted by molar-refractivity contribution is 0.0387. The maximum Gasteiger partial charge on any atom is 0.315 e. The average Bonchev–Trinajstić information content (AvgIpc) is 3.48. The van der Waals surface area contributed by atoms with Crippen molar-refractivity contribution in [1.29, 1.82) is 0 Å². The second kappa shape index (κ2) is 8.59. The summed E-state index contributed by atoms with van der Waals surface area (Å²) >= 11 is 1.68. The monoisotopic (exact) mass is 423 g/mol. The number of carbonyl (C=O) groups is 1. The predicted octanol–water partition coefficient (Wildman–Crippen LogP) is 2.84. The molecule has 3 heterocycles. The fourth-order valence-corrected chi connectivity index (χ4v) is 5.02. The molecule has 0 atom stereocenters. The Kier molecular flexibility index (Phi) is 5.52. The van der Waals surface area contributed by atoms with E-state index in [1.807, 2.05) is 0 Å². The van der Waals surface area contributed by atoms with Crippen LogP contribution in [0.5, 0.6) is 0 Å². The number of hydrogen-bond acceptors (Lipinski definition) is 5. The molecule has 1 aromatic carbocycles. The molecule has 0 saturated carbocycles. The number of ether oxygens (including phenoxy) is 1. The molecule has 5 rings (SSSR count). The fraction of sp³-hybridized carbons (Fsp3) is 0.364. The molecule has 3 aromatic rings. The Balaban J connectivity index is 1.14. The molecular formula is C22H25N5O2S. The van der Waals surface area contributed by atoms with Crippen molar-refractivity contribution in [2.75, 3.05) is 39.4 Å². The van der Waals surface area contributed by atoms with Crippen molar-refractivity contribution < 1.29 is 9.53 Å². The van der Waals surface area contributed by atoms with E-state index >= 15 is 0 Å². The molecule has 8 heteroatoms. The van der Waals surface area contributed by atoms with E-state index in [1.165, 1.54) is 16.7 Å². The van der Waals surface area contributed by atoms with E-state index in [9.17, 15) is 4.79 Å². The van der Waals surface area contributed by atoms with Crippen molar-refractivity contribution in [2.45, 2.75) is 13.0 Å². The van der Waals surface area contributed by atoms with Gasteiger partial charge in [0.15, 0.2) is 0 Å². The van der Waals surface area contributed by atoms with Crippen molar-refractivity contribution in [3.63, 3.8) is 0 Å². The van der Waals surface area contributed by atoms with Gasteiger partial charge in [-0.05, 0) is 17.7 Å². The quantitative estimate of drug-likeness (QED) is 0.445. The van der Waals surface area contributed by atoms with Crippen LogP contribution in [0, 0.1) is 0 Å². The molecular weight excluding hydrogens is 398 g/mol. The third-order valence-electron chi connectivity index (χ3n) is 5.66. The Labute approximate surface area is 179 Å². The lowest BCUT2D eigenvalue weighted by atomic mass is 10.1. The molecule has 0 spiro atoms. The highest BCUT2D eigenvalue weighted by molar-refractivity contribution is 7.15. The van der Waals surface area contributed by atoms with Crippen molar-refractivity contribution >= 4 is 17.4 Å². The number of hydrogen-bond donors (Lipinski definition) is 3. The van der Waals surface area contributed by atoms with E-state index in [0.717, 1.165) is 60.4 Å². The van der Waals surface area contributed by atoms with Gasteiger partial charge in [0, 0.05) is 48.6 Å². The summed E-state index contributed by atoms with van der Waals surface area (Å²) in [6, 6.07) is 12.5. The number of aromatic nitrogens is 2. The van der Waals surface area contributed by atoms with Gasteiger partial charge in [-0.1, -0.05) is 24.3 Å². The first-order valence-corrected chi connectivity index (χ1v) is 11.2. The van der Waals surface area contributed by atoms with Crippen LogP contribution in [0.4, 0.5) is 4.79 Å². The molecule has 30 heavy (non-hydrogen) atoms. The van der Waals surface area contributed by atoms with Crippen LogP contribution in [0.25, 0.3) is 21.8 Å². The molecule has 2 aliphatic rings. The van der Waals surface area contributed by atoms with Crippen LogP contribution in [-0.2, 0) is 17.7 Å². The van der Waals surface area contributed by atoms with Gasteiger partial charge in [0.2, 0.25) is 0 Å². The molecule has 0 bridgehead atoms. The van der Waals surface area contributed by atoms with Crippen LogP contribution < -0.4 is 10.6 Å². The van der Waals surface area contributed by atoms with Crippen LogP contribution >= 0.6 is 11.3 Å². The van der Waals surface area contributed by atoms with E-state index in [4.69, 9.17) is 4.74 Å². The highest BCUT2D eigenvalue weighted by Crippen LogP contribution is 2.41. The van der Waals surface area contributed by atoms with Gasteiger partial charge >= 0.3 is 6.03 Å². The van der Waals surface area contributed by atoms with Gasteiger partial charge in [0.05, 0.1) is 30.3 Å². The van der Waals surface area contributed by atoms with Crippen molar-refractivity contribution in [1.82, 2.24) is 25.7 Å². The minimum atomic E-state index is -0.130. The van der Waals surface area contributed by atoms with E-state index in [1.54, 1.807) is 11.3 Å². The van der Waals surface area contributed by atoms with Crippen LogP contribution in [0.2, 0.25) is 0 Å². The molecule has 2 amide bonds. The Morgan fingerprint density at radius 3 is 2.93 bits per heavy atom. The summed E-state index contributed by atoms with van der Waals surface area (Å²) in [5, 5.41) is 13.7. The third-order valence-corrected chi connectivity index (χ3v) is 6.75. The molecule has 1 fully saturated rings. The number of nitrogens with zero attached hydrogens (tertiary/aromatic N) is 2. The van der Waals surface area contributed by atoms with E-state index in [-0.39, 0.29) is 6.03 Å². The first-order valence-electron chi connectivity index (χ1n) is 10.3. The number of thiophene rings is 1. The molecule has 7 nitrogen and oxygen atoms in total. The molecule has 0 unspecified atom stereocenters. The summed E-state index contributed by atoms with van der Waals surface area (Å²) in [6.07, 6.45) is 0.911. The molecule has 0 radical (unpaired) electrons. The number of amides is 2. The molecule has 1 aliphatic carbocycles. The minimum absolute atomic E-state index is 0.130. The molecule has 1 aliphatic heterocycles. The molecule has 3 N–H and O–H groups in total. The van der Waals surface area contributed by atoms with Crippen molar-refractivity contribution in [3.8, 4) is 21.8 Å². The van der Waals surface area contributed by atoms with Gasteiger partial charge < -0.3 is 15.4 Å². The zero-order valence-corrected chi connectivity index (χ0v) is 17.6. The predicted molar refractivity (Wildman–Crippen MR) is 118 cm³/mol. The average molecular weight is 424 g/mol. The highest BCUT2D eigenvalue weighted by Gasteiger charge is 2.25. The lowest BCUT2D eigenvalue weighted by Crippen LogP contribution is -2.43. The summed E-state index contributed by atoms with van der Waals surface area (Å²) in [7, 11) is 0. The van der Waals surface area contributed by atoms with Crippen LogP contribution in [0.3, 0.4) is 0 Å². The van der Waals surface area contributed by atoms with Gasteiger partial charge in [0.25, 0.3) is 0 Å². The largest absolute Gasteiger partial charge is 0.379 e. The Bertz CT molecular complexity index is 1040. The first-order chi connectivity index (χ1) is 14.8. The Hall–Kier alpha value is -2.68. The van der Waals surface area contributed by atoms with Crippen LogP contribution in [0.1, 0.15) is 16.0 Å². The second-order valence-corrected chi connectivity index (χ2v) is 8.76. The van der Waals surface area contributed by atoms with Crippen molar-refractivity contribution in [3.05, 3.63) is 52.4 Å². The van der Waals surface area contributed by atoms with Gasteiger partial charge in [0.1, 0.15) is 5.69 Å². The minimum Gasteiger partial charge on any atom is -0.379 e. The molecule has 156 valence electrons. The van der Waals surface area contributed by atoms with Gasteiger partial charge in [-0.2, -0.15) is 5.10 Å². The Morgan fingerprint density at radius 2 is 2.03 bits per heavy atom. The van der Waals surface area contributed by atoms with Crippen LogP contribution in [-0.4, -0.2) is 60.5 Å². The SMILES string of the molecule is O=C(NCCN1CCOCC1)NCc1ccc(-c2n[nH]c3c2Cc2ccccc2-3)s1. The maximum absolute atomic E-state index is 12.1. The van der Waals surface area contributed by atoms with Crippen molar-refractivity contribution in [2.24, 2.45) is 0 Å². The smallest absolute Gasteiger partial charge is 0.315 e. The third kappa shape index (κ3) is 3.98. The van der Waals surface area contributed by atoms with Gasteiger partial charge in [-0.3, -0.25) is 10.00 Å². The Morgan fingerprint density at radius 1 is 1.17 bits per heavy atom. The number of fused-ring (bicyclic) bond motifs is 3. The standard InChI is InChI=1S/C22H25N5O2S/c28-22(23-7-8-27-9-11-29-12-10-27)24-14-16-5-6-19(30-16)21-18-13-15-3-1-2-4-17(15)20(18)25-26-21/h1-6H,7-14H2,(H,25,26)(H2,23,24,28). The first kappa shape index (κ1) is 19.3. The maximum atomic E-state index is 12.1. The lowest BCUT2D eigenvalue weighted by Gasteiger charge is -2.26. The topological polar surface area (TPSA) is 82.3 Å². The number of urea groups is 1. The number of aromatic amines is 1.